The molecule has 1 heterocycles. The second-order valence-electron chi connectivity index (χ2n) is 5.58. The summed E-state index contributed by atoms with van der Waals surface area (Å²) in [4.78, 5) is 9.15. The van der Waals surface area contributed by atoms with Crippen LogP contribution in [0.4, 0.5) is 5.82 Å². The molecule has 3 rings (SSSR count). The zero-order chi connectivity index (χ0) is 14.7. The molecule has 1 aliphatic carbocycles. The predicted molar refractivity (Wildman–Crippen MR) is 83.1 cm³/mol. The van der Waals surface area contributed by atoms with Gasteiger partial charge in [-0.05, 0) is 43.7 Å². The highest BCUT2D eigenvalue weighted by Gasteiger charge is 2.16. The summed E-state index contributed by atoms with van der Waals surface area (Å²) in [6.07, 6.45) is 4.57. The van der Waals surface area contributed by atoms with Crippen LogP contribution in [-0.2, 0) is 26.0 Å². The molecule has 2 N–H and O–H groups in total. The highest BCUT2D eigenvalue weighted by molar-refractivity contribution is 5.48. The van der Waals surface area contributed by atoms with Crippen LogP contribution in [0.5, 0.6) is 0 Å². The van der Waals surface area contributed by atoms with Crippen LogP contribution in [0.2, 0.25) is 0 Å². The molecule has 0 fully saturated rings. The molecule has 4 nitrogen and oxygen atoms in total. The fourth-order valence-electron chi connectivity index (χ4n) is 2.89. The van der Waals surface area contributed by atoms with Gasteiger partial charge in [0.05, 0.1) is 6.61 Å². The number of hydrogen-bond acceptors (Lipinski definition) is 4. The van der Waals surface area contributed by atoms with Gasteiger partial charge in [-0.25, -0.2) is 9.97 Å². The lowest BCUT2D eigenvalue weighted by molar-refractivity contribution is 0.281. The van der Waals surface area contributed by atoms with Gasteiger partial charge in [0.25, 0.3) is 0 Å². The fraction of sp³-hybridized carbons (Fsp3) is 0.412. The minimum absolute atomic E-state index is 0.0792. The molecule has 0 amide bonds. The number of nitrogens with one attached hydrogen (secondary N) is 1. The van der Waals surface area contributed by atoms with Crippen molar-refractivity contribution in [3.05, 3.63) is 52.5 Å². The number of nitrogens with zero attached hydrogens (tertiary/aromatic N) is 2. The van der Waals surface area contributed by atoms with Gasteiger partial charge in [-0.2, -0.15) is 0 Å². The van der Waals surface area contributed by atoms with Crippen LogP contribution in [0.15, 0.2) is 24.3 Å². The third-order valence-electron chi connectivity index (χ3n) is 3.93. The van der Waals surface area contributed by atoms with Gasteiger partial charge in [0.15, 0.2) is 0 Å². The molecular weight excluding hydrogens is 262 g/mol. The molecule has 1 aromatic carbocycles. The molecule has 0 unspecified atom stereocenters. The first-order chi connectivity index (χ1) is 10.3. The molecule has 4 heteroatoms. The summed E-state index contributed by atoms with van der Waals surface area (Å²) in [5.41, 5.74) is 4.59. The lowest BCUT2D eigenvalue weighted by Crippen LogP contribution is -2.13. The van der Waals surface area contributed by atoms with Gasteiger partial charge in [-0.3, -0.25) is 0 Å². The number of fused-ring (bicyclic) bond motifs is 1. The topological polar surface area (TPSA) is 58.0 Å². The van der Waals surface area contributed by atoms with E-state index >= 15 is 0 Å². The van der Waals surface area contributed by atoms with E-state index in [2.05, 4.69) is 21.4 Å². The second-order valence-corrected chi connectivity index (χ2v) is 5.58. The van der Waals surface area contributed by atoms with Crippen molar-refractivity contribution in [1.82, 2.24) is 9.97 Å². The average Bonchev–Trinajstić information content (AvgIpc) is 2.52. The summed E-state index contributed by atoms with van der Waals surface area (Å²) in [5, 5.41) is 12.6. The van der Waals surface area contributed by atoms with Crippen molar-refractivity contribution in [2.24, 2.45) is 0 Å². The molecule has 1 aliphatic rings. The molecule has 110 valence electrons. The van der Waals surface area contributed by atoms with Crippen LogP contribution in [0.3, 0.4) is 0 Å². The van der Waals surface area contributed by atoms with Gasteiger partial charge in [0.2, 0.25) is 0 Å². The van der Waals surface area contributed by atoms with Crippen LogP contribution < -0.4 is 5.32 Å². The van der Waals surface area contributed by atoms with Gasteiger partial charge in [0.1, 0.15) is 11.6 Å². The Kier molecular flexibility index (Phi) is 4.15. The molecule has 0 spiro atoms. The first kappa shape index (κ1) is 14.0. The number of aryl methyl sites for hydroxylation is 2. The Labute approximate surface area is 125 Å². The first-order valence-electron chi connectivity index (χ1n) is 7.55. The van der Waals surface area contributed by atoms with Gasteiger partial charge in [-0.15, -0.1) is 0 Å². The van der Waals surface area contributed by atoms with Crippen LogP contribution in [0.1, 0.15) is 41.1 Å². The molecule has 2 aromatic rings. The van der Waals surface area contributed by atoms with Gasteiger partial charge in [-0.1, -0.05) is 24.3 Å². The summed E-state index contributed by atoms with van der Waals surface area (Å²) in [7, 11) is 0. The Balaban J connectivity index is 1.80. The Bertz CT molecular complexity index is 640. The van der Waals surface area contributed by atoms with Crippen molar-refractivity contribution in [1.29, 1.82) is 0 Å². The first-order valence-corrected chi connectivity index (χ1v) is 7.55. The van der Waals surface area contributed by atoms with Crippen molar-refractivity contribution in [3.63, 3.8) is 0 Å². The minimum atomic E-state index is 0.0792. The van der Waals surface area contributed by atoms with E-state index in [1.807, 2.05) is 25.1 Å². The van der Waals surface area contributed by atoms with Crippen molar-refractivity contribution in [3.8, 4) is 0 Å². The number of hydrogen-bond donors (Lipinski definition) is 2. The Morgan fingerprint density at radius 2 is 1.95 bits per heavy atom. The predicted octanol–water partition coefficient (Wildman–Crippen LogP) is 2.77. The van der Waals surface area contributed by atoms with Crippen molar-refractivity contribution >= 4 is 5.82 Å². The monoisotopic (exact) mass is 283 g/mol. The van der Waals surface area contributed by atoms with Crippen LogP contribution in [0, 0.1) is 6.92 Å². The van der Waals surface area contributed by atoms with Crippen LogP contribution in [0.25, 0.3) is 0 Å². The number of aliphatic hydroxyl groups excluding tert-OH is 1. The summed E-state index contributed by atoms with van der Waals surface area (Å²) in [5.74, 6) is 1.81. The normalized spacial score (nSPS) is 13.8. The van der Waals surface area contributed by atoms with E-state index in [4.69, 9.17) is 0 Å². The molecule has 0 saturated heterocycles. The van der Waals surface area contributed by atoms with Gasteiger partial charge < -0.3 is 10.4 Å². The van der Waals surface area contributed by atoms with E-state index in [1.54, 1.807) is 0 Å². The molecule has 0 aliphatic heterocycles. The zero-order valence-electron chi connectivity index (χ0n) is 12.4. The highest BCUT2D eigenvalue weighted by Crippen LogP contribution is 2.25. The quantitative estimate of drug-likeness (QED) is 0.906. The Hall–Kier alpha value is -1.94. The highest BCUT2D eigenvalue weighted by atomic mass is 16.3. The Morgan fingerprint density at radius 1 is 1.14 bits per heavy atom. The third kappa shape index (κ3) is 3.22. The summed E-state index contributed by atoms with van der Waals surface area (Å²) < 4.78 is 0. The zero-order valence-corrected chi connectivity index (χ0v) is 12.4. The smallest absolute Gasteiger partial charge is 0.133 e. The maximum Gasteiger partial charge on any atom is 0.133 e. The molecule has 0 radical (unpaired) electrons. The summed E-state index contributed by atoms with van der Waals surface area (Å²) >= 11 is 0. The maximum atomic E-state index is 9.20. The number of aliphatic hydroxyl groups is 1. The van der Waals surface area contributed by atoms with Crippen molar-refractivity contribution in [2.45, 2.75) is 45.8 Å². The van der Waals surface area contributed by atoms with Gasteiger partial charge >= 0.3 is 0 Å². The SMILES string of the molecule is Cc1nc2c(c(NCc3cccc(CO)c3)n1)CCCC2. The number of rotatable bonds is 4. The Morgan fingerprint density at radius 3 is 2.81 bits per heavy atom. The molecule has 21 heavy (non-hydrogen) atoms. The summed E-state index contributed by atoms with van der Waals surface area (Å²) in [6, 6.07) is 7.99. The number of aromatic nitrogens is 2. The van der Waals surface area contributed by atoms with Crippen molar-refractivity contribution < 1.29 is 5.11 Å². The molecule has 0 saturated carbocycles. The van der Waals surface area contributed by atoms with Crippen molar-refractivity contribution in [2.75, 3.05) is 5.32 Å². The lowest BCUT2D eigenvalue weighted by Gasteiger charge is -2.19. The standard InChI is InChI=1S/C17H21N3O/c1-12-19-16-8-3-2-7-15(16)17(20-12)18-10-13-5-4-6-14(9-13)11-21/h4-6,9,21H,2-3,7-8,10-11H2,1H3,(H,18,19,20). The maximum absolute atomic E-state index is 9.20. The fourth-order valence-corrected chi connectivity index (χ4v) is 2.89. The van der Waals surface area contributed by atoms with E-state index in [1.165, 1.54) is 24.1 Å². The van der Waals surface area contributed by atoms with E-state index in [9.17, 15) is 5.11 Å². The second kappa shape index (κ2) is 6.22. The van der Waals surface area contributed by atoms with E-state index in [-0.39, 0.29) is 6.61 Å². The molecule has 0 atom stereocenters. The van der Waals surface area contributed by atoms with Crippen LogP contribution in [-0.4, -0.2) is 15.1 Å². The van der Waals surface area contributed by atoms with E-state index < -0.39 is 0 Å². The molecule has 1 aromatic heterocycles. The largest absolute Gasteiger partial charge is 0.392 e. The number of anilines is 1. The molecule has 0 bridgehead atoms. The van der Waals surface area contributed by atoms with Crippen LogP contribution >= 0.6 is 0 Å². The minimum Gasteiger partial charge on any atom is -0.392 e. The summed E-state index contributed by atoms with van der Waals surface area (Å²) in [6.45, 7) is 2.75. The molecular formula is C17H21N3O. The van der Waals surface area contributed by atoms with Gasteiger partial charge in [0, 0.05) is 17.8 Å². The lowest BCUT2D eigenvalue weighted by atomic mass is 9.96. The van der Waals surface area contributed by atoms with E-state index in [0.717, 1.165) is 42.2 Å². The third-order valence-corrected chi connectivity index (χ3v) is 3.93. The average molecular weight is 283 g/mol. The number of benzene rings is 1. The van der Waals surface area contributed by atoms with E-state index in [0.29, 0.717) is 0 Å².